The van der Waals surface area contributed by atoms with Crippen molar-refractivity contribution in [1.29, 1.82) is 0 Å². The predicted octanol–water partition coefficient (Wildman–Crippen LogP) is 0.925. The SMILES string of the molecule is Cc1ccc(CNC(=O)CN2CCC(CO)C2)cc1. The molecule has 1 heterocycles. The highest BCUT2D eigenvalue weighted by Crippen LogP contribution is 2.14. The van der Waals surface area contributed by atoms with Crippen LogP contribution in [-0.2, 0) is 11.3 Å². The number of hydrogen-bond acceptors (Lipinski definition) is 3. The van der Waals surface area contributed by atoms with Crippen molar-refractivity contribution in [2.75, 3.05) is 26.2 Å². The van der Waals surface area contributed by atoms with Crippen LogP contribution in [0.5, 0.6) is 0 Å². The number of hydrogen-bond donors (Lipinski definition) is 2. The standard InChI is InChI=1S/C15H22N2O2/c1-12-2-4-13(5-3-12)8-16-15(19)10-17-7-6-14(9-17)11-18/h2-5,14,18H,6-11H2,1H3,(H,16,19). The van der Waals surface area contributed by atoms with E-state index in [1.54, 1.807) is 0 Å². The van der Waals surface area contributed by atoms with Gasteiger partial charge in [-0.05, 0) is 31.4 Å². The number of amides is 1. The Morgan fingerprint density at radius 2 is 2.16 bits per heavy atom. The van der Waals surface area contributed by atoms with Crippen LogP contribution in [0.15, 0.2) is 24.3 Å². The van der Waals surface area contributed by atoms with Crippen molar-refractivity contribution in [3.63, 3.8) is 0 Å². The largest absolute Gasteiger partial charge is 0.396 e. The lowest BCUT2D eigenvalue weighted by atomic mass is 10.1. The average molecular weight is 262 g/mol. The second-order valence-corrected chi connectivity index (χ2v) is 5.33. The summed E-state index contributed by atoms with van der Waals surface area (Å²) in [6, 6.07) is 8.17. The minimum Gasteiger partial charge on any atom is -0.396 e. The molecule has 0 spiro atoms. The molecule has 0 saturated carbocycles. The van der Waals surface area contributed by atoms with Crippen LogP contribution in [0.1, 0.15) is 17.5 Å². The van der Waals surface area contributed by atoms with E-state index in [0.29, 0.717) is 19.0 Å². The maximum atomic E-state index is 11.8. The van der Waals surface area contributed by atoms with E-state index in [1.165, 1.54) is 5.56 Å². The first-order chi connectivity index (χ1) is 9.17. The molecule has 1 aromatic carbocycles. The monoisotopic (exact) mass is 262 g/mol. The first-order valence-electron chi connectivity index (χ1n) is 6.83. The Kier molecular flexibility index (Phi) is 4.93. The number of aryl methyl sites for hydroxylation is 1. The van der Waals surface area contributed by atoms with E-state index >= 15 is 0 Å². The molecule has 2 N–H and O–H groups in total. The Balaban J connectivity index is 1.71. The van der Waals surface area contributed by atoms with E-state index in [1.807, 2.05) is 31.2 Å². The van der Waals surface area contributed by atoms with Gasteiger partial charge in [0.2, 0.25) is 5.91 Å². The molecule has 4 nitrogen and oxygen atoms in total. The predicted molar refractivity (Wildman–Crippen MR) is 74.7 cm³/mol. The molecule has 0 aliphatic carbocycles. The number of carbonyl (C=O) groups is 1. The van der Waals surface area contributed by atoms with Gasteiger partial charge in [0.1, 0.15) is 0 Å². The number of likely N-dealkylation sites (tertiary alicyclic amines) is 1. The van der Waals surface area contributed by atoms with Crippen molar-refractivity contribution in [2.45, 2.75) is 19.9 Å². The summed E-state index contributed by atoms with van der Waals surface area (Å²) >= 11 is 0. The first kappa shape index (κ1) is 14.0. The number of aliphatic hydroxyl groups excluding tert-OH is 1. The van der Waals surface area contributed by atoms with Gasteiger partial charge in [0.25, 0.3) is 0 Å². The third kappa shape index (κ3) is 4.33. The van der Waals surface area contributed by atoms with Gasteiger partial charge >= 0.3 is 0 Å². The fourth-order valence-electron chi connectivity index (χ4n) is 2.37. The Hall–Kier alpha value is -1.39. The summed E-state index contributed by atoms with van der Waals surface area (Å²) in [5.41, 5.74) is 2.34. The molecule has 0 radical (unpaired) electrons. The van der Waals surface area contributed by atoms with Crippen LogP contribution in [0.2, 0.25) is 0 Å². The minimum atomic E-state index is 0.0548. The molecule has 104 valence electrons. The second kappa shape index (κ2) is 6.68. The molecule has 1 aliphatic rings. The van der Waals surface area contributed by atoms with E-state index in [0.717, 1.165) is 25.1 Å². The van der Waals surface area contributed by atoms with Crippen molar-refractivity contribution in [3.05, 3.63) is 35.4 Å². The zero-order valence-electron chi connectivity index (χ0n) is 11.4. The van der Waals surface area contributed by atoms with E-state index in [9.17, 15) is 4.79 Å². The highest BCUT2D eigenvalue weighted by Gasteiger charge is 2.22. The highest BCUT2D eigenvalue weighted by atomic mass is 16.3. The molecule has 1 aliphatic heterocycles. The summed E-state index contributed by atoms with van der Waals surface area (Å²) in [6.07, 6.45) is 0.988. The Morgan fingerprint density at radius 3 is 2.79 bits per heavy atom. The maximum absolute atomic E-state index is 11.8. The summed E-state index contributed by atoms with van der Waals surface area (Å²) in [7, 11) is 0. The number of rotatable bonds is 5. The van der Waals surface area contributed by atoms with Gasteiger partial charge in [-0.3, -0.25) is 9.69 Å². The fourth-order valence-corrected chi connectivity index (χ4v) is 2.37. The molecular weight excluding hydrogens is 240 g/mol. The van der Waals surface area contributed by atoms with Gasteiger partial charge in [-0.1, -0.05) is 29.8 Å². The van der Waals surface area contributed by atoms with Gasteiger partial charge in [0.05, 0.1) is 6.54 Å². The fraction of sp³-hybridized carbons (Fsp3) is 0.533. The Morgan fingerprint density at radius 1 is 1.42 bits per heavy atom. The van der Waals surface area contributed by atoms with Crippen LogP contribution >= 0.6 is 0 Å². The van der Waals surface area contributed by atoms with Crippen molar-refractivity contribution >= 4 is 5.91 Å². The van der Waals surface area contributed by atoms with E-state index < -0.39 is 0 Å². The van der Waals surface area contributed by atoms with Crippen LogP contribution in [0, 0.1) is 12.8 Å². The molecule has 1 atom stereocenters. The lowest BCUT2D eigenvalue weighted by Gasteiger charge is -2.15. The average Bonchev–Trinajstić information content (AvgIpc) is 2.86. The van der Waals surface area contributed by atoms with Crippen molar-refractivity contribution in [3.8, 4) is 0 Å². The van der Waals surface area contributed by atoms with Crippen LogP contribution in [0.4, 0.5) is 0 Å². The van der Waals surface area contributed by atoms with Crippen LogP contribution in [0.3, 0.4) is 0 Å². The molecule has 1 fully saturated rings. The maximum Gasteiger partial charge on any atom is 0.234 e. The van der Waals surface area contributed by atoms with Gasteiger partial charge in [-0.15, -0.1) is 0 Å². The molecule has 2 rings (SSSR count). The van der Waals surface area contributed by atoms with Gasteiger partial charge in [-0.25, -0.2) is 0 Å². The van der Waals surface area contributed by atoms with Crippen LogP contribution in [-0.4, -0.2) is 42.2 Å². The molecule has 1 unspecified atom stereocenters. The smallest absolute Gasteiger partial charge is 0.234 e. The summed E-state index contributed by atoms with van der Waals surface area (Å²) in [5.74, 6) is 0.393. The number of nitrogens with zero attached hydrogens (tertiary/aromatic N) is 1. The summed E-state index contributed by atoms with van der Waals surface area (Å²) < 4.78 is 0. The molecule has 1 saturated heterocycles. The lowest BCUT2D eigenvalue weighted by molar-refractivity contribution is -0.122. The molecule has 0 bridgehead atoms. The normalized spacial score (nSPS) is 19.6. The molecular formula is C15H22N2O2. The van der Waals surface area contributed by atoms with Gasteiger partial charge in [-0.2, -0.15) is 0 Å². The second-order valence-electron chi connectivity index (χ2n) is 5.33. The zero-order chi connectivity index (χ0) is 13.7. The van der Waals surface area contributed by atoms with Gasteiger partial charge in [0, 0.05) is 19.7 Å². The number of carbonyl (C=O) groups excluding carboxylic acids is 1. The highest BCUT2D eigenvalue weighted by molar-refractivity contribution is 5.78. The summed E-state index contributed by atoms with van der Waals surface area (Å²) in [6.45, 7) is 5.02. The molecule has 1 amide bonds. The van der Waals surface area contributed by atoms with Gasteiger partial charge < -0.3 is 10.4 Å². The number of benzene rings is 1. The summed E-state index contributed by atoms with van der Waals surface area (Å²) in [5, 5.41) is 12.0. The van der Waals surface area contributed by atoms with E-state index in [2.05, 4.69) is 10.2 Å². The summed E-state index contributed by atoms with van der Waals surface area (Å²) in [4.78, 5) is 13.9. The Bertz CT molecular complexity index is 417. The number of aliphatic hydroxyl groups is 1. The van der Waals surface area contributed by atoms with E-state index in [-0.39, 0.29) is 12.5 Å². The van der Waals surface area contributed by atoms with E-state index in [4.69, 9.17) is 5.11 Å². The van der Waals surface area contributed by atoms with Crippen LogP contribution in [0.25, 0.3) is 0 Å². The molecule has 1 aromatic rings. The topological polar surface area (TPSA) is 52.6 Å². The number of nitrogens with one attached hydrogen (secondary N) is 1. The molecule has 19 heavy (non-hydrogen) atoms. The van der Waals surface area contributed by atoms with Gasteiger partial charge in [0.15, 0.2) is 0 Å². The third-order valence-electron chi connectivity index (χ3n) is 3.61. The quantitative estimate of drug-likeness (QED) is 0.830. The van der Waals surface area contributed by atoms with Crippen molar-refractivity contribution in [1.82, 2.24) is 10.2 Å². The third-order valence-corrected chi connectivity index (χ3v) is 3.61. The molecule has 0 aromatic heterocycles. The minimum absolute atomic E-state index is 0.0548. The first-order valence-corrected chi connectivity index (χ1v) is 6.83. The lowest BCUT2D eigenvalue weighted by Crippen LogP contribution is -2.35. The van der Waals surface area contributed by atoms with Crippen molar-refractivity contribution in [2.24, 2.45) is 5.92 Å². The molecule has 4 heteroatoms. The zero-order valence-corrected chi connectivity index (χ0v) is 11.4. The van der Waals surface area contributed by atoms with Crippen molar-refractivity contribution < 1.29 is 9.90 Å². The Labute approximate surface area is 114 Å². The van der Waals surface area contributed by atoms with Crippen LogP contribution < -0.4 is 5.32 Å².